The van der Waals surface area contributed by atoms with Crippen molar-refractivity contribution in [2.45, 2.75) is 11.9 Å². The molecule has 2 nitrogen and oxygen atoms in total. The molecule has 19 heavy (non-hydrogen) atoms. The maximum atomic E-state index is 13.9. The predicted octanol–water partition coefficient (Wildman–Crippen LogP) is 4.31. The van der Waals surface area contributed by atoms with E-state index in [1.54, 1.807) is 18.2 Å². The maximum Gasteiger partial charge on any atom is 0.171 e. The van der Waals surface area contributed by atoms with Gasteiger partial charge in [-0.1, -0.05) is 46.3 Å². The maximum absolute atomic E-state index is 13.9. The summed E-state index contributed by atoms with van der Waals surface area (Å²) in [6.07, 6.45) is 0. The van der Waals surface area contributed by atoms with Gasteiger partial charge < -0.3 is 9.47 Å². The molecule has 0 bridgehead atoms. The lowest BCUT2D eigenvalue weighted by Gasteiger charge is -2.11. The normalized spacial score (nSPS) is 10.3. The fourth-order valence-electron chi connectivity index (χ4n) is 1.74. The lowest BCUT2D eigenvalue weighted by molar-refractivity contribution is 0.293. The van der Waals surface area contributed by atoms with E-state index in [4.69, 9.17) is 9.47 Å². The highest BCUT2D eigenvalue weighted by atomic mass is 79.9. The molecule has 2 aromatic rings. The van der Waals surface area contributed by atoms with Crippen LogP contribution in [0.3, 0.4) is 0 Å². The molecule has 2 aromatic carbocycles. The van der Waals surface area contributed by atoms with Crippen LogP contribution in [0.25, 0.3) is 0 Å². The Hall–Kier alpha value is -1.55. The number of hydrogen-bond donors (Lipinski definition) is 0. The van der Waals surface area contributed by atoms with Gasteiger partial charge in [0, 0.05) is 16.5 Å². The van der Waals surface area contributed by atoms with E-state index in [-0.39, 0.29) is 18.2 Å². The highest BCUT2D eigenvalue weighted by Crippen LogP contribution is 2.24. The fourth-order valence-corrected chi connectivity index (χ4v) is 2.20. The Balaban J connectivity index is 2.15. The topological polar surface area (TPSA) is 18.5 Å². The van der Waals surface area contributed by atoms with Crippen molar-refractivity contribution in [3.05, 3.63) is 59.4 Å². The molecule has 0 amide bonds. The number of benzene rings is 2. The van der Waals surface area contributed by atoms with E-state index in [0.29, 0.717) is 10.9 Å². The zero-order valence-corrected chi connectivity index (χ0v) is 12.1. The molecular formula is C15H14BrFO2. The van der Waals surface area contributed by atoms with E-state index >= 15 is 0 Å². The summed E-state index contributed by atoms with van der Waals surface area (Å²) in [6, 6.07) is 12.7. The van der Waals surface area contributed by atoms with Gasteiger partial charge in [-0.2, -0.15) is 0 Å². The number of alkyl halides is 1. The van der Waals surface area contributed by atoms with E-state index in [2.05, 4.69) is 15.9 Å². The Bertz CT molecular complexity index is 558. The van der Waals surface area contributed by atoms with Crippen molar-refractivity contribution in [2.24, 2.45) is 0 Å². The standard InChI is InChI=1S/C15H14BrFO2/c1-18-14-8-4-6-12(15(14)17)10-19-13-7-3-2-5-11(13)9-16/h2-8H,9-10H2,1H3. The summed E-state index contributed by atoms with van der Waals surface area (Å²) in [5, 5.41) is 0.698. The van der Waals surface area contributed by atoms with Crippen LogP contribution in [0.2, 0.25) is 0 Å². The van der Waals surface area contributed by atoms with Crippen LogP contribution in [0.1, 0.15) is 11.1 Å². The molecule has 0 radical (unpaired) electrons. The second kappa shape index (κ2) is 6.57. The predicted molar refractivity (Wildman–Crippen MR) is 76.4 cm³/mol. The molecule has 4 heteroatoms. The largest absolute Gasteiger partial charge is 0.494 e. The third kappa shape index (κ3) is 3.26. The first-order valence-corrected chi connectivity index (χ1v) is 6.96. The van der Waals surface area contributed by atoms with Crippen LogP contribution in [0.5, 0.6) is 11.5 Å². The minimum atomic E-state index is -0.374. The molecule has 0 atom stereocenters. The molecule has 0 unspecified atom stereocenters. The van der Waals surface area contributed by atoms with Crippen LogP contribution in [0.15, 0.2) is 42.5 Å². The average Bonchev–Trinajstić information content (AvgIpc) is 2.46. The van der Waals surface area contributed by atoms with Crippen molar-refractivity contribution in [1.29, 1.82) is 0 Å². The van der Waals surface area contributed by atoms with Gasteiger partial charge in [-0.15, -0.1) is 0 Å². The van der Waals surface area contributed by atoms with Crippen LogP contribution < -0.4 is 9.47 Å². The molecule has 0 fully saturated rings. The molecular weight excluding hydrogens is 311 g/mol. The van der Waals surface area contributed by atoms with Crippen molar-refractivity contribution >= 4 is 15.9 Å². The molecule has 2 rings (SSSR count). The number of halogens is 2. The second-order valence-corrected chi connectivity index (χ2v) is 4.52. The van der Waals surface area contributed by atoms with Gasteiger partial charge in [0.1, 0.15) is 12.4 Å². The lowest BCUT2D eigenvalue weighted by Crippen LogP contribution is -2.01. The Morgan fingerprint density at radius 3 is 2.42 bits per heavy atom. The van der Waals surface area contributed by atoms with Crippen molar-refractivity contribution in [1.82, 2.24) is 0 Å². The molecule has 0 spiro atoms. The quantitative estimate of drug-likeness (QED) is 0.763. The first-order chi connectivity index (χ1) is 9.26. The molecule has 0 heterocycles. The zero-order chi connectivity index (χ0) is 13.7. The van der Waals surface area contributed by atoms with Crippen LogP contribution in [0.4, 0.5) is 4.39 Å². The fraction of sp³-hybridized carbons (Fsp3) is 0.200. The van der Waals surface area contributed by atoms with Gasteiger partial charge in [0.25, 0.3) is 0 Å². The van der Waals surface area contributed by atoms with Gasteiger partial charge in [-0.25, -0.2) is 4.39 Å². The summed E-state index contributed by atoms with van der Waals surface area (Å²) in [5.41, 5.74) is 1.51. The Morgan fingerprint density at radius 2 is 1.68 bits per heavy atom. The summed E-state index contributed by atoms with van der Waals surface area (Å²) in [5.74, 6) is 0.609. The zero-order valence-electron chi connectivity index (χ0n) is 10.5. The minimum Gasteiger partial charge on any atom is -0.494 e. The molecule has 0 saturated carbocycles. The van der Waals surface area contributed by atoms with E-state index in [1.807, 2.05) is 24.3 Å². The monoisotopic (exact) mass is 324 g/mol. The minimum absolute atomic E-state index is 0.174. The van der Waals surface area contributed by atoms with Gasteiger partial charge in [0.05, 0.1) is 7.11 Å². The van der Waals surface area contributed by atoms with Crippen molar-refractivity contribution in [3.8, 4) is 11.5 Å². The first kappa shape index (κ1) is 13.9. The summed E-state index contributed by atoms with van der Waals surface area (Å²) in [7, 11) is 1.45. The van der Waals surface area contributed by atoms with Gasteiger partial charge in [-0.05, 0) is 12.1 Å². The summed E-state index contributed by atoms with van der Waals surface area (Å²) in [4.78, 5) is 0. The van der Waals surface area contributed by atoms with Gasteiger partial charge in [0.2, 0.25) is 0 Å². The smallest absolute Gasteiger partial charge is 0.171 e. The SMILES string of the molecule is COc1cccc(COc2ccccc2CBr)c1F. The molecule has 100 valence electrons. The summed E-state index contributed by atoms with van der Waals surface area (Å²) >= 11 is 3.40. The summed E-state index contributed by atoms with van der Waals surface area (Å²) in [6.45, 7) is 0.174. The van der Waals surface area contributed by atoms with Gasteiger partial charge >= 0.3 is 0 Å². The van der Waals surface area contributed by atoms with Crippen LogP contribution in [-0.2, 0) is 11.9 Å². The second-order valence-electron chi connectivity index (χ2n) is 3.96. The molecule has 0 N–H and O–H groups in total. The average molecular weight is 325 g/mol. The van der Waals surface area contributed by atoms with E-state index in [0.717, 1.165) is 11.3 Å². The van der Waals surface area contributed by atoms with E-state index in [9.17, 15) is 4.39 Å². The molecule has 0 aliphatic heterocycles. The van der Waals surface area contributed by atoms with Crippen molar-refractivity contribution in [2.75, 3.05) is 7.11 Å². The van der Waals surface area contributed by atoms with Crippen LogP contribution >= 0.6 is 15.9 Å². The molecule has 0 saturated heterocycles. The highest BCUT2D eigenvalue weighted by molar-refractivity contribution is 9.08. The van der Waals surface area contributed by atoms with E-state index < -0.39 is 0 Å². The third-order valence-electron chi connectivity index (χ3n) is 2.76. The number of para-hydroxylation sites is 1. The summed E-state index contributed by atoms with van der Waals surface area (Å²) < 4.78 is 24.6. The van der Waals surface area contributed by atoms with Crippen molar-refractivity contribution in [3.63, 3.8) is 0 Å². The van der Waals surface area contributed by atoms with Crippen LogP contribution in [-0.4, -0.2) is 7.11 Å². The highest BCUT2D eigenvalue weighted by Gasteiger charge is 2.09. The number of ether oxygens (including phenoxy) is 2. The number of rotatable bonds is 5. The first-order valence-electron chi connectivity index (χ1n) is 5.84. The van der Waals surface area contributed by atoms with Gasteiger partial charge in [0.15, 0.2) is 11.6 Å². The number of hydrogen-bond acceptors (Lipinski definition) is 2. The Labute approximate surface area is 120 Å². The molecule has 0 aliphatic carbocycles. The van der Waals surface area contributed by atoms with Crippen LogP contribution in [0, 0.1) is 5.82 Å². The third-order valence-corrected chi connectivity index (χ3v) is 3.37. The Kier molecular flexibility index (Phi) is 4.80. The molecule has 0 aromatic heterocycles. The lowest BCUT2D eigenvalue weighted by atomic mass is 10.2. The Morgan fingerprint density at radius 1 is 1.00 bits per heavy atom. The van der Waals surface area contributed by atoms with Crippen molar-refractivity contribution < 1.29 is 13.9 Å². The molecule has 0 aliphatic rings. The van der Waals surface area contributed by atoms with Gasteiger partial charge in [-0.3, -0.25) is 0 Å². The number of methoxy groups -OCH3 is 1. The van der Waals surface area contributed by atoms with E-state index in [1.165, 1.54) is 7.11 Å².